The van der Waals surface area contributed by atoms with Gasteiger partial charge in [0, 0.05) is 53.2 Å². The first-order valence-electron chi connectivity index (χ1n) is 25.0. The van der Waals surface area contributed by atoms with Crippen LogP contribution >= 0.6 is 11.3 Å². The normalized spacial score (nSPS) is 11.5. The molecule has 0 fully saturated rings. The second kappa shape index (κ2) is 18.3. The molecule has 0 saturated heterocycles. The van der Waals surface area contributed by atoms with Crippen molar-refractivity contribution in [2.24, 2.45) is 0 Å². The van der Waals surface area contributed by atoms with Gasteiger partial charge in [0.25, 0.3) is 0 Å². The minimum absolute atomic E-state index is 0.641. The van der Waals surface area contributed by atoms with Gasteiger partial charge in [-0.15, -0.1) is 11.3 Å². The average molecular weight is 961 g/mol. The number of hydrogen-bond donors (Lipinski definition) is 0. The van der Waals surface area contributed by atoms with Crippen LogP contribution in [0.4, 0.5) is 0 Å². The highest BCUT2D eigenvalue weighted by Crippen LogP contribution is 2.46. The van der Waals surface area contributed by atoms with Crippen molar-refractivity contribution in [3.8, 4) is 101 Å². The Kier molecular flexibility index (Phi) is 10.7. The Morgan fingerprint density at radius 3 is 1.31 bits per heavy atom. The van der Waals surface area contributed by atoms with Crippen LogP contribution in [0.1, 0.15) is 0 Å². The Morgan fingerprint density at radius 1 is 0.270 bits per heavy atom. The van der Waals surface area contributed by atoms with E-state index in [2.05, 4.69) is 249 Å². The molecule has 14 aromatic rings. The molecule has 0 spiro atoms. The summed E-state index contributed by atoms with van der Waals surface area (Å²) in [5, 5.41) is 4.62. The van der Waals surface area contributed by atoms with Gasteiger partial charge in [0.05, 0.1) is 11.4 Å². The molecule has 0 unspecified atom stereocenters. The minimum Gasteiger partial charge on any atom is -0.455 e. The molecular formula is C70H44N2OS. The number of aromatic nitrogens is 2. The summed E-state index contributed by atoms with van der Waals surface area (Å²) in [6.07, 6.45) is 0. The number of fused-ring (bicyclic) bond motifs is 6. The van der Waals surface area contributed by atoms with Crippen molar-refractivity contribution in [2.75, 3.05) is 0 Å². The molecule has 0 amide bonds. The van der Waals surface area contributed by atoms with Gasteiger partial charge < -0.3 is 4.42 Å². The van der Waals surface area contributed by atoms with E-state index in [1.807, 2.05) is 29.5 Å². The van der Waals surface area contributed by atoms with Gasteiger partial charge in [0.15, 0.2) is 5.82 Å². The fourth-order valence-corrected chi connectivity index (χ4v) is 12.0. The Hall–Kier alpha value is -9.48. The molecule has 0 aliphatic rings. The van der Waals surface area contributed by atoms with Crippen LogP contribution in [0.2, 0.25) is 0 Å². The lowest BCUT2D eigenvalue weighted by Crippen LogP contribution is -1.96. The van der Waals surface area contributed by atoms with E-state index in [4.69, 9.17) is 14.4 Å². The quantitative estimate of drug-likeness (QED) is 0.145. The zero-order valence-corrected chi connectivity index (χ0v) is 40.9. The van der Waals surface area contributed by atoms with Crippen molar-refractivity contribution in [1.82, 2.24) is 9.97 Å². The maximum Gasteiger partial charge on any atom is 0.161 e. The van der Waals surface area contributed by atoms with E-state index in [1.54, 1.807) is 0 Å². The van der Waals surface area contributed by atoms with Gasteiger partial charge in [0.1, 0.15) is 11.2 Å². The molecule has 0 bridgehead atoms. The van der Waals surface area contributed by atoms with Crippen molar-refractivity contribution in [2.45, 2.75) is 0 Å². The summed E-state index contributed by atoms with van der Waals surface area (Å²) >= 11 is 1.89. The fourth-order valence-electron chi connectivity index (χ4n) is 10.7. The maximum atomic E-state index is 6.82. The molecule has 0 radical (unpaired) electrons. The highest BCUT2D eigenvalue weighted by atomic mass is 32.1. The first-order valence-corrected chi connectivity index (χ1v) is 25.8. The molecule has 3 nitrogen and oxygen atoms in total. The molecule has 346 valence electrons. The van der Waals surface area contributed by atoms with Crippen molar-refractivity contribution >= 4 is 53.4 Å². The number of hydrogen-bond acceptors (Lipinski definition) is 4. The predicted octanol–water partition coefficient (Wildman–Crippen LogP) is 19.7. The predicted molar refractivity (Wildman–Crippen MR) is 311 cm³/mol. The van der Waals surface area contributed by atoms with Gasteiger partial charge in [-0.25, -0.2) is 9.97 Å². The van der Waals surface area contributed by atoms with Crippen molar-refractivity contribution in [1.29, 1.82) is 0 Å². The minimum atomic E-state index is 0.641. The first kappa shape index (κ1) is 43.3. The van der Waals surface area contributed by atoms with Crippen LogP contribution in [0.25, 0.3) is 143 Å². The van der Waals surface area contributed by atoms with Crippen LogP contribution in [-0.4, -0.2) is 9.97 Å². The summed E-state index contributed by atoms with van der Waals surface area (Å²) < 4.78 is 9.46. The summed E-state index contributed by atoms with van der Waals surface area (Å²) in [4.78, 5) is 10.7. The lowest BCUT2D eigenvalue weighted by Gasteiger charge is -2.11. The van der Waals surface area contributed by atoms with Gasteiger partial charge in [-0.2, -0.15) is 0 Å². The highest BCUT2D eigenvalue weighted by Gasteiger charge is 2.21. The second-order valence-electron chi connectivity index (χ2n) is 18.8. The van der Waals surface area contributed by atoms with E-state index in [9.17, 15) is 0 Å². The molecule has 14 rings (SSSR count). The van der Waals surface area contributed by atoms with E-state index in [1.165, 1.54) is 53.6 Å². The number of furan rings is 1. The standard InChI is InChI=1S/C70H44N2OS/c1-5-17-45(18-6-1)55-42-61(50-21-9-3-10-22-50)67-62(43-55)66-60(31-16-32-65(66)73-67)70-71-63(51-23-11-4-12-24-51)44-64(72-70)52-39-37-47(38-40-52)46-33-35-48(36-34-46)53-25-13-26-54(41-53)57-28-15-30-59-58-29-14-27-56(68(58)74-69(57)59)49-19-7-2-8-20-49/h1-44H. The molecule has 0 N–H and O–H groups in total. The molecule has 3 aromatic heterocycles. The van der Waals surface area contributed by atoms with Crippen molar-refractivity contribution < 1.29 is 4.42 Å². The Labute approximate surface area is 433 Å². The van der Waals surface area contributed by atoms with Crippen molar-refractivity contribution in [3.63, 3.8) is 0 Å². The van der Waals surface area contributed by atoms with Crippen LogP contribution in [-0.2, 0) is 0 Å². The van der Waals surface area contributed by atoms with E-state index in [0.717, 1.165) is 83.4 Å². The van der Waals surface area contributed by atoms with E-state index >= 15 is 0 Å². The third-order valence-corrected chi connectivity index (χ3v) is 15.6. The number of thiophene rings is 1. The van der Waals surface area contributed by atoms with E-state index in [-0.39, 0.29) is 0 Å². The zero-order valence-electron chi connectivity index (χ0n) is 40.1. The molecule has 0 aliphatic heterocycles. The number of nitrogens with zero attached hydrogens (tertiary/aromatic N) is 2. The van der Waals surface area contributed by atoms with Gasteiger partial charge >= 0.3 is 0 Å². The molecule has 11 aromatic carbocycles. The SMILES string of the molecule is c1ccc(-c2cc(-c3ccccc3)c3oc4cccc(-c5nc(-c6ccccc6)cc(-c6ccc(-c7ccc(-c8cccc(-c9cccc%10c9sc9c(-c%11ccccc%11)cccc9%10)c8)cc7)cc6)n5)c4c3c2)cc1. The maximum absolute atomic E-state index is 6.82. The third-order valence-electron chi connectivity index (χ3n) is 14.3. The molecular weight excluding hydrogens is 917 g/mol. The molecule has 4 heteroatoms. The molecule has 0 aliphatic carbocycles. The lowest BCUT2D eigenvalue weighted by molar-refractivity contribution is 0.670. The zero-order chi connectivity index (χ0) is 49.0. The summed E-state index contributed by atoms with van der Waals surface area (Å²) in [5.41, 5.74) is 20.3. The van der Waals surface area contributed by atoms with E-state index in [0.29, 0.717) is 5.82 Å². The fraction of sp³-hybridized carbons (Fsp3) is 0. The Morgan fingerprint density at radius 2 is 0.703 bits per heavy atom. The van der Waals surface area contributed by atoms with Crippen LogP contribution in [0.5, 0.6) is 0 Å². The largest absolute Gasteiger partial charge is 0.455 e. The van der Waals surface area contributed by atoms with Crippen LogP contribution in [0.15, 0.2) is 271 Å². The third kappa shape index (κ3) is 7.77. The lowest BCUT2D eigenvalue weighted by atomic mass is 9.94. The van der Waals surface area contributed by atoms with Crippen LogP contribution in [0, 0.1) is 0 Å². The first-order chi connectivity index (χ1) is 36.7. The van der Waals surface area contributed by atoms with Crippen molar-refractivity contribution in [3.05, 3.63) is 267 Å². The smallest absolute Gasteiger partial charge is 0.161 e. The van der Waals surface area contributed by atoms with Gasteiger partial charge in [-0.1, -0.05) is 237 Å². The Bertz CT molecular complexity index is 4370. The Balaban J connectivity index is 0.805. The highest BCUT2D eigenvalue weighted by molar-refractivity contribution is 7.26. The number of benzene rings is 11. The van der Waals surface area contributed by atoms with Gasteiger partial charge in [-0.3, -0.25) is 0 Å². The molecule has 0 atom stereocenters. The van der Waals surface area contributed by atoms with Gasteiger partial charge in [0.2, 0.25) is 0 Å². The van der Waals surface area contributed by atoms with Crippen LogP contribution < -0.4 is 0 Å². The molecule has 3 heterocycles. The average Bonchev–Trinajstić information content (AvgIpc) is 4.08. The summed E-state index contributed by atoms with van der Waals surface area (Å²) in [6, 6.07) is 95.0. The van der Waals surface area contributed by atoms with E-state index < -0.39 is 0 Å². The van der Waals surface area contributed by atoms with Gasteiger partial charge in [-0.05, 0) is 91.5 Å². The summed E-state index contributed by atoms with van der Waals surface area (Å²) in [6.45, 7) is 0. The van der Waals surface area contributed by atoms with Crippen LogP contribution in [0.3, 0.4) is 0 Å². The summed E-state index contributed by atoms with van der Waals surface area (Å²) in [7, 11) is 0. The monoisotopic (exact) mass is 960 g/mol. The molecule has 0 saturated carbocycles. The molecule has 74 heavy (non-hydrogen) atoms. The summed E-state index contributed by atoms with van der Waals surface area (Å²) in [5.74, 6) is 0.641. The second-order valence-corrected chi connectivity index (χ2v) is 19.8. The number of rotatable bonds is 9. The topological polar surface area (TPSA) is 38.9 Å².